The second-order valence-electron chi connectivity index (χ2n) is 6.19. The third-order valence-corrected chi connectivity index (χ3v) is 5.22. The fourth-order valence-corrected chi connectivity index (χ4v) is 3.60. The first-order valence-corrected chi connectivity index (χ1v) is 9.49. The molecular formula is C19H18N6O2S. The fraction of sp³-hybridized carbons (Fsp3) is 0.158. The van der Waals surface area contributed by atoms with Gasteiger partial charge in [-0.3, -0.25) is 15.2 Å². The van der Waals surface area contributed by atoms with Gasteiger partial charge in [0, 0.05) is 34.2 Å². The van der Waals surface area contributed by atoms with Gasteiger partial charge in [-0.05, 0) is 43.5 Å². The highest BCUT2D eigenvalue weighted by molar-refractivity contribution is 7.09. The molecule has 4 aromatic heterocycles. The molecule has 0 atom stereocenters. The predicted octanol–water partition coefficient (Wildman–Crippen LogP) is 3.42. The van der Waals surface area contributed by atoms with Crippen molar-refractivity contribution in [2.75, 3.05) is 5.43 Å². The molecule has 0 fully saturated rings. The van der Waals surface area contributed by atoms with Gasteiger partial charge in [0.1, 0.15) is 0 Å². The summed E-state index contributed by atoms with van der Waals surface area (Å²) in [7, 11) is 0. The van der Waals surface area contributed by atoms with E-state index in [-0.39, 0.29) is 11.9 Å². The monoisotopic (exact) mass is 394 g/mol. The lowest BCUT2D eigenvalue weighted by atomic mass is 10.2. The third-order valence-electron chi connectivity index (χ3n) is 4.36. The lowest BCUT2D eigenvalue weighted by Crippen LogP contribution is -2.29. The Labute approximate surface area is 165 Å². The highest BCUT2D eigenvalue weighted by Gasteiger charge is 2.17. The Morgan fingerprint density at radius 3 is 2.82 bits per heavy atom. The van der Waals surface area contributed by atoms with Gasteiger partial charge in [-0.1, -0.05) is 11.2 Å². The number of nitrogens with one attached hydrogen (secondary N) is 2. The Morgan fingerprint density at radius 2 is 2.07 bits per heavy atom. The normalized spacial score (nSPS) is 10.8. The molecule has 0 aliphatic carbocycles. The molecule has 9 heteroatoms. The summed E-state index contributed by atoms with van der Waals surface area (Å²) in [6, 6.07) is 9.63. The van der Waals surface area contributed by atoms with E-state index >= 15 is 0 Å². The fourth-order valence-electron chi connectivity index (χ4n) is 2.90. The smallest absolute Gasteiger partial charge is 0.340 e. The number of rotatable bonds is 6. The van der Waals surface area contributed by atoms with E-state index in [1.165, 1.54) is 4.88 Å². The molecule has 0 aliphatic heterocycles. The summed E-state index contributed by atoms with van der Waals surface area (Å²) in [5.41, 5.74) is 8.57. The maximum Gasteiger partial charge on any atom is 0.340 e. The van der Waals surface area contributed by atoms with Crippen LogP contribution in [0.1, 0.15) is 26.6 Å². The van der Waals surface area contributed by atoms with Crippen molar-refractivity contribution in [3.05, 3.63) is 69.9 Å². The van der Waals surface area contributed by atoms with E-state index < -0.39 is 0 Å². The number of aryl methyl sites for hydroxylation is 1. The van der Waals surface area contributed by atoms with Gasteiger partial charge in [-0.15, -0.1) is 11.3 Å². The predicted molar refractivity (Wildman–Crippen MR) is 106 cm³/mol. The Kier molecular flexibility index (Phi) is 4.90. The zero-order chi connectivity index (χ0) is 19.5. The highest BCUT2D eigenvalue weighted by atomic mass is 32.1. The van der Waals surface area contributed by atoms with Crippen molar-refractivity contribution in [1.82, 2.24) is 25.1 Å². The minimum Gasteiger partial charge on any atom is -0.343 e. The van der Waals surface area contributed by atoms with Crippen molar-refractivity contribution in [2.45, 2.75) is 20.4 Å². The van der Waals surface area contributed by atoms with Crippen LogP contribution in [-0.4, -0.2) is 25.6 Å². The molecule has 28 heavy (non-hydrogen) atoms. The lowest BCUT2D eigenvalue weighted by Gasteiger charge is -2.08. The Hall–Kier alpha value is -3.46. The number of hydrogen-bond donors (Lipinski definition) is 2. The Morgan fingerprint density at radius 1 is 1.25 bits per heavy atom. The minimum atomic E-state index is -0.269. The van der Waals surface area contributed by atoms with Crippen LogP contribution >= 0.6 is 11.3 Å². The molecule has 8 nitrogen and oxygen atoms in total. The van der Waals surface area contributed by atoms with E-state index in [0.717, 1.165) is 23.5 Å². The van der Waals surface area contributed by atoms with Crippen LogP contribution in [0.2, 0.25) is 0 Å². The summed E-state index contributed by atoms with van der Waals surface area (Å²) < 4.78 is 7.24. The van der Waals surface area contributed by atoms with Crippen LogP contribution in [0.3, 0.4) is 0 Å². The molecule has 4 aromatic rings. The van der Waals surface area contributed by atoms with Gasteiger partial charge < -0.3 is 9.09 Å². The topological polar surface area (TPSA) is 97.9 Å². The number of aromatic nitrogens is 4. The van der Waals surface area contributed by atoms with E-state index in [1.807, 2.05) is 31.4 Å². The van der Waals surface area contributed by atoms with Gasteiger partial charge in [0.05, 0.1) is 12.1 Å². The van der Waals surface area contributed by atoms with Crippen LogP contribution < -0.4 is 10.9 Å². The molecule has 2 N–H and O–H groups in total. The van der Waals surface area contributed by atoms with Crippen molar-refractivity contribution in [1.29, 1.82) is 0 Å². The number of nitrogens with zero attached hydrogens (tertiary/aromatic N) is 4. The number of amides is 1. The molecule has 0 saturated carbocycles. The number of pyridine rings is 1. The first-order chi connectivity index (χ1) is 13.6. The summed E-state index contributed by atoms with van der Waals surface area (Å²) in [6.45, 7) is 4.67. The highest BCUT2D eigenvalue weighted by Crippen LogP contribution is 2.20. The molecule has 0 unspecified atom stereocenters. The van der Waals surface area contributed by atoms with Crippen LogP contribution in [0, 0.1) is 13.8 Å². The standard InChI is InChI=1S/C19H18N6O2S/c1-12-10-16(13(2)25(12)11-15-4-3-9-28-15)18(26)22-23-19-21-17(24-27-19)14-5-7-20-8-6-14/h3-10H,11H2,1-2H3,(H,22,26)(H,21,23,24). The molecule has 0 aliphatic rings. The maximum absolute atomic E-state index is 12.6. The zero-order valence-corrected chi connectivity index (χ0v) is 16.2. The van der Waals surface area contributed by atoms with E-state index in [4.69, 9.17) is 4.52 Å². The number of carbonyl (C=O) groups excluding carboxylic acids is 1. The van der Waals surface area contributed by atoms with Crippen molar-refractivity contribution < 1.29 is 9.32 Å². The second-order valence-corrected chi connectivity index (χ2v) is 7.22. The second kappa shape index (κ2) is 7.65. The lowest BCUT2D eigenvalue weighted by molar-refractivity contribution is 0.0960. The molecule has 4 heterocycles. The van der Waals surface area contributed by atoms with Crippen LogP contribution in [0.4, 0.5) is 6.01 Å². The van der Waals surface area contributed by atoms with Gasteiger partial charge in [0.25, 0.3) is 5.91 Å². The first kappa shape index (κ1) is 17.9. The first-order valence-electron chi connectivity index (χ1n) is 8.61. The van der Waals surface area contributed by atoms with Gasteiger partial charge in [0.15, 0.2) is 0 Å². The van der Waals surface area contributed by atoms with Crippen LogP contribution in [-0.2, 0) is 6.54 Å². The van der Waals surface area contributed by atoms with Crippen molar-refractivity contribution in [3.63, 3.8) is 0 Å². The quantitative estimate of drug-likeness (QED) is 0.486. The maximum atomic E-state index is 12.6. The molecule has 0 spiro atoms. The number of thiophene rings is 1. The zero-order valence-electron chi connectivity index (χ0n) is 15.3. The summed E-state index contributed by atoms with van der Waals surface area (Å²) in [5, 5.41) is 5.93. The molecule has 0 saturated heterocycles. The van der Waals surface area contributed by atoms with E-state index in [9.17, 15) is 4.79 Å². The van der Waals surface area contributed by atoms with E-state index in [0.29, 0.717) is 11.4 Å². The number of anilines is 1. The van der Waals surface area contributed by atoms with Gasteiger partial charge >= 0.3 is 6.01 Å². The van der Waals surface area contributed by atoms with Crippen LogP contribution in [0.5, 0.6) is 0 Å². The van der Waals surface area contributed by atoms with Gasteiger partial charge in [0.2, 0.25) is 5.82 Å². The molecule has 142 valence electrons. The average molecular weight is 394 g/mol. The van der Waals surface area contributed by atoms with Crippen molar-refractivity contribution in [2.24, 2.45) is 0 Å². The largest absolute Gasteiger partial charge is 0.343 e. The minimum absolute atomic E-state index is 0.104. The summed E-state index contributed by atoms with van der Waals surface area (Å²) in [6.07, 6.45) is 3.29. The SMILES string of the molecule is Cc1cc(C(=O)NNc2nc(-c3ccncc3)no2)c(C)n1Cc1cccs1. The Bertz CT molecular complexity index is 1090. The molecule has 4 rings (SSSR count). The van der Waals surface area contributed by atoms with E-state index in [2.05, 4.69) is 36.6 Å². The van der Waals surface area contributed by atoms with Crippen LogP contribution in [0.15, 0.2) is 52.6 Å². The van der Waals surface area contributed by atoms with Gasteiger partial charge in [-0.25, -0.2) is 5.43 Å². The summed E-state index contributed by atoms with van der Waals surface area (Å²) >= 11 is 1.70. The number of hydrazine groups is 1. The Balaban J connectivity index is 1.44. The summed E-state index contributed by atoms with van der Waals surface area (Å²) in [4.78, 5) is 22.0. The summed E-state index contributed by atoms with van der Waals surface area (Å²) in [5.74, 6) is 0.141. The average Bonchev–Trinajstić information content (AvgIpc) is 3.45. The molecule has 0 bridgehead atoms. The van der Waals surface area contributed by atoms with E-state index in [1.54, 1.807) is 35.9 Å². The molecule has 0 radical (unpaired) electrons. The molecule has 1 amide bonds. The third kappa shape index (κ3) is 3.65. The number of hydrogen-bond acceptors (Lipinski definition) is 7. The van der Waals surface area contributed by atoms with Crippen molar-refractivity contribution in [3.8, 4) is 11.4 Å². The van der Waals surface area contributed by atoms with Crippen LogP contribution in [0.25, 0.3) is 11.4 Å². The number of carbonyl (C=O) groups is 1. The molecular weight excluding hydrogens is 376 g/mol. The van der Waals surface area contributed by atoms with Gasteiger partial charge in [-0.2, -0.15) is 4.98 Å². The molecule has 0 aromatic carbocycles. The van der Waals surface area contributed by atoms with Crippen molar-refractivity contribution >= 4 is 23.3 Å².